The number of hydrogen-bond acceptors (Lipinski definition) is 3. The summed E-state index contributed by atoms with van der Waals surface area (Å²) in [4.78, 5) is 11.8. The molecule has 0 spiro atoms. The van der Waals surface area contributed by atoms with Crippen molar-refractivity contribution in [1.29, 1.82) is 0 Å². The van der Waals surface area contributed by atoms with Crippen molar-refractivity contribution in [2.45, 2.75) is 0 Å². The van der Waals surface area contributed by atoms with Crippen LogP contribution in [0.3, 0.4) is 0 Å². The monoisotopic (exact) mass is 299 g/mol. The highest BCUT2D eigenvalue weighted by atomic mass is 19.1. The van der Waals surface area contributed by atoms with Gasteiger partial charge in [-0.15, -0.1) is 0 Å². The van der Waals surface area contributed by atoms with Gasteiger partial charge in [-0.2, -0.15) is 0 Å². The normalized spacial score (nSPS) is 10.7. The molecule has 22 heavy (non-hydrogen) atoms. The van der Waals surface area contributed by atoms with Gasteiger partial charge in [-0.3, -0.25) is 0 Å². The van der Waals surface area contributed by atoms with Crippen LogP contribution in [-0.2, 0) is 4.74 Å². The van der Waals surface area contributed by atoms with Crippen molar-refractivity contribution >= 4 is 16.9 Å². The third kappa shape index (κ3) is 2.30. The Kier molecular flexibility index (Phi) is 3.55. The van der Waals surface area contributed by atoms with E-state index < -0.39 is 5.97 Å². The Labute approximate surface area is 126 Å². The van der Waals surface area contributed by atoms with E-state index in [1.807, 2.05) is 6.07 Å². The molecule has 3 rings (SSSR count). The number of nitrogens with zero attached hydrogens (tertiary/aromatic N) is 1. The van der Waals surface area contributed by atoms with E-state index in [2.05, 4.69) is 0 Å². The van der Waals surface area contributed by atoms with Crippen molar-refractivity contribution < 1.29 is 18.7 Å². The predicted octanol–water partition coefficient (Wildman–Crippen LogP) is 3.56. The van der Waals surface area contributed by atoms with E-state index in [9.17, 15) is 9.18 Å². The highest BCUT2D eigenvalue weighted by Crippen LogP contribution is 2.26. The number of hydrogen-bond donors (Lipinski definition) is 0. The molecule has 0 aliphatic rings. The maximum atomic E-state index is 13.7. The molecule has 0 bridgehead atoms. The molecule has 112 valence electrons. The van der Waals surface area contributed by atoms with Crippen LogP contribution < -0.4 is 4.74 Å². The van der Waals surface area contributed by atoms with Gasteiger partial charge in [0, 0.05) is 23.7 Å². The Balaban J connectivity index is 2.21. The first-order valence-electron chi connectivity index (χ1n) is 6.67. The van der Waals surface area contributed by atoms with Gasteiger partial charge >= 0.3 is 5.97 Å². The molecule has 0 atom stereocenters. The minimum Gasteiger partial charge on any atom is -0.497 e. The van der Waals surface area contributed by atoms with Crippen molar-refractivity contribution in [2.75, 3.05) is 14.2 Å². The molecule has 0 saturated carbocycles. The van der Waals surface area contributed by atoms with Gasteiger partial charge in [0.25, 0.3) is 0 Å². The zero-order chi connectivity index (χ0) is 15.7. The molecule has 0 aliphatic carbocycles. The molecule has 1 heterocycles. The molecule has 0 radical (unpaired) electrons. The first-order valence-corrected chi connectivity index (χ1v) is 6.67. The Morgan fingerprint density at radius 2 is 1.95 bits per heavy atom. The maximum Gasteiger partial charge on any atom is 0.338 e. The lowest BCUT2D eigenvalue weighted by Crippen LogP contribution is -2.01. The average Bonchev–Trinajstić information content (AvgIpc) is 2.97. The number of carbonyl (C=O) groups excluding carboxylic acids is 1. The summed E-state index contributed by atoms with van der Waals surface area (Å²) >= 11 is 0. The minimum absolute atomic E-state index is 0.389. The van der Waals surface area contributed by atoms with Crippen LogP contribution in [0, 0.1) is 5.82 Å². The van der Waals surface area contributed by atoms with Crippen molar-refractivity contribution in [3.8, 4) is 11.4 Å². The third-order valence-electron chi connectivity index (χ3n) is 3.51. The number of aromatic nitrogens is 1. The SMILES string of the molecule is COC(=O)c1cccc2c1ccn2-c1cc(F)cc(OC)c1. The summed E-state index contributed by atoms with van der Waals surface area (Å²) < 4.78 is 25.4. The summed E-state index contributed by atoms with van der Waals surface area (Å²) in [5.74, 6) is -0.360. The maximum absolute atomic E-state index is 13.7. The highest BCUT2D eigenvalue weighted by Gasteiger charge is 2.13. The summed E-state index contributed by atoms with van der Waals surface area (Å²) in [5, 5.41) is 0.748. The summed E-state index contributed by atoms with van der Waals surface area (Å²) in [7, 11) is 2.83. The molecule has 0 N–H and O–H groups in total. The van der Waals surface area contributed by atoms with Crippen LogP contribution in [-0.4, -0.2) is 24.8 Å². The van der Waals surface area contributed by atoms with Crippen LogP contribution in [0.4, 0.5) is 4.39 Å². The van der Waals surface area contributed by atoms with Crippen LogP contribution >= 0.6 is 0 Å². The lowest BCUT2D eigenvalue weighted by molar-refractivity contribution is 0.0603. The number of carbonyl (C=O) groups is 1. The van der Waals surface area contributed by atoms with Gasteiger partial charge in [0.2, 0.25) is 0 Å². The zero-order valence-electron chi connectivity index (χ0n) is 12.2. The van der Waals surface area contributed by atoms with Gasteiger partial charge in [-0.25, -0.2) is 9.18 Å². The van der Waals surface area contributed by atoms with Crippen molar-refractivity contribution in [2.24, 2.45) is 0 Å². The number of methoxy groups -OCH3 is 2. The van der Waals surface area contributed by atoms with Gasteiger partial charge in [-0.1, -0.05) is 6.07 Å². The van der Waals surface area contributed by atoms with Gasteiger partial charge < -0.3 is 14.0 Å². The van der Waals surface area contributed by atoms with E-state index in [4.69, 9.17) is 9.47 Å². The molecule has 2 aromatic carbocycles. The zero-order valence-corrected chi connectivity index (χ0v) is 12.2. The fourth-order valence-corrected chi connectivity index (χ4v) is 2.49. The van der Waals surface area contributed by atoms with Gasteiger partial charge in [0.15, 0.2) is 0 Å². The van der Waals surface area contributed by atoms with Crippen LogP contribution in [0.1, 0.15) is 10.4 Å². The van der Waals surface area contributed by atoms with E-state index in [1.165, 1.54) is 26.4 Å². The predicted molar refractivity (Wildman–Crippen MR) is 81.1 cm³/mol. The number of benzene rings is 2. The molecule has 0 amide bonds. The number of rotatable bonds is 3. The summed E-state index contributed by atoms with van der Waals surface area (Å²) in [6.07, 6.45) is 1.78. The average molecular weight is 299 g/mol. The van der Waals surface area contributed by atoms with Gasteiger partial charge in [0.05, 0.1) is 31.0 Å². The van der Waals surface area contributed by atoms with Crippen molar-refractivity contribution in [3.05, 3.63) is 60.0 Å². The van der Waals surface area contributed by atoms with E-state index in [0.717, 1.165) is 10.9 Å². The number of fused-ring (bicyclic) bond motifs is 1. The first-order chi connectivity index (χ1) is 10.6. The molecule has 4 nitrogen and oxygen atoms in total. The fraction of sp³-hybridized carbons (Fsp3) is 0.118. The Morgan fingerprint density at radius 3 is 2.68 bits per heavy atom. The lowest BCUT2D eigenvalue weighted by Gasteiger charge is -2.09. The summed E-state index contributed by atoms with van der Waals surface area (Å²) in [6, 6.07) is 11.6. The van der Waals surface area contributed by atoms with E-state index in [0.29, 0.717) is 17.0 Å². The highest BCUT2D eigenvalue weighted by molar-refractivity contribution is 6.04. The van der Waals surface area contributed by atoms with Crippen LogP contribution in [0.15, 0.2) is 48.7 Å². The van der Waals surface area contributed by atoms with E-state index >= 15 is 0 Å². The van der Waals surface area contributed by atoms with Crippen LogP contribution in [0.25, 0.3) is 16.6 Å². The Hall–Kier alpha value is -2.82. The number of esters is 1. The largest absolute Gasteiger partial charge is 0.497 e. The topological polar surface area (TPSA) is 40.5 Å². The molecular weight excluding hydrogens is 285 g/mol. The standard InChI is InChI=1S/C17H14FNO3/c1-21-13-9-11(18)8-12(10-13)19-7-6-14-15(17(20)22-2)4-3-5-16(14)19/h3-10H,1-2H3. The lowest BCUT2D eigenvalue weighted by atomic mass is 10.1. The fourth-order valence-electron chi connectivity index (χ4n) is 2.49. The smallest absolute Gasteiger partial charge is 0.338 e. The molecule has 0 saturated heterocycles. The summed E-state index contributed by atoms with van der Waals surface area (Å²) in [6.45, 7) is 0. The van der Waals surface area contributed by atoms with Crippen molar-refractivity contribution in [3.63, 3.8) is 0 Å². The second-order valence-corrected chi connectivity index (χ2v) is 4.76. The second kappa shape index (κ2) is 5.52. The molecule has 1 aromatic heterocycles. The molecule has 5 heteroatoms. The number of ether oxygens (including phenoxy) is 2. The number of halogens is 1. The second-order valence-electron chi connectivity index (χ2n) is 4.76. The van der Waals surface area contributed by atoms with Crippen LogP contribution in [0.5, 0.6) is 5.75 Å². The summed E-state index contributed by atoms with van der Waals surface area (Å²) in [5.41, 5.74) is 1.88. The first kappa shape index (κ1) is 14.1. The van der Waals surface area contributed by atoms with Crippen LogP contribution in [0.2, 0.25) is 0 Å². The van der Waals surface area contributed by atoms with Crippen molar-refractivity contribution in [1.82, 2.24) is 4.57 Å². The molecule has 3 aromatic rings. The van der Waals surface area contributed by atoms with E-state index in [1.54, 1.807) is 35.0 Å². The third-order valence-corrected chi connectivity index (χ3v) is 3.51. The molecular formula is C17H14FNO3. The van der Waals surface area contributed by atoms with Gasteiger partial charge in [0.1, 0.15) is 11.6 Å². The molecule has 0 unspecified atom stereocenters. The Bertz CT molecular complexity index is 854. The van der Waals surface area contributed by atoms with E-state index in [-0.39, 0.29) is 5.82 Å². The molecule has 0 aliphatic heterocycles. The van der Waals surface area contributed by atoms with Gasteiger partial charge in [-0.05, 0) is 24.3 Å². The Morgan fingerprint density at radius 1 is 1.14 bits per heavy atom. The molecule has 0 fully saturated rings. The minimum atomic E-state index is -0.403. The quantitative estimate of drug-likeness (QED) is 0.694.